The molecule has 0 bridgehead atoms. The third kappa shape index (κ3) is 2.11. The number of halogens is 1. The summed E-state index contributed by atoms with van der Waals surface area (Å²) in [5, 5.41) is 12.8. The van der Waals surface area contributed by atoms with Crippen molar-refractivity contribution in [2.75, 3.05) is 13.1 Å². The van der Waals surface area contributed by atoms with Crippen molar-refractivity contribution >= 4 is 5.91 Å². The van der Waals surface area contributed by atoms with E-state index < -0.39 is 5.82 Å². The second-order valence-corrected chi connectivity index (χ2v) is 6.14. The van der Waals surface area contributed by atoms with Gasteiger partial charge in [0.05, 0.1) is 23.1 Å². The minimum Gasteiger partial charge on any atom is -0.273 e. The molecule has 2 heterocycles. The average Bonchev–Trinajstić information content (AvgIpc) is 2.98. The molecular weight excluding hydrogens is 269 g/mol. The number of carbonyl (C=O) groups is 1. The summed E-state index contributed by atoms with van der Waals surface area (Å²) >= 11 is 0. The van der Waals surface area contributed by atoms with Crippen molar-refractivity contribution in [3.63, 3.8) is 0 Å². The van der Waals surface area contributed by atoms with Gasteiger partial charge < -0.3 is 0 Å². The first kappa shape index (κ1) is 14.0. The van der Waals surface area contributed by atoms with Crippen molar-refractivity contribution in [2.45, 2.75) is 32.7 Å². The van der Waals surface area contributed by atoms with Crippen LogP contribution in [0.2, 0.25) is 0 Å². The molecule has 2 saturated heterocycles. The number of amides is 1. The second-order valence-electron chi connectivity index (χ2n) is 6.14. The maximum absolute atomic E-state index is 13.7. The number of nitriles is 1. The Morgan fingerprint density at radius 2 is 2.24 bits per heavy atom. The quantitative estimate of drug-likeness (QED) is 0.840. The highest BCUT2D eigenvalue weighted by Crippen LogP contribution is 2.43. The van der Waals surface area contributed by atoms with E-state index in [-0.39, 0.29) is 17.4 Å². The Bertz CT molecular complexity index is 639. The number of carbonyl (C=O) groups excluding carboxylic acids is 1. The van der Waals surface area contributed by atoms with Crippen LogP contribution in [0, 0.1) is 22.6 Å². The lowest BCUT2D eigenvalue weighted by Crippen LogP contribution is -2.36. The molecule has 0 aromatic heterocycles. The van der Waals surface area contributed by atoms with E-state index in [1.807, 2.05) is 19.9 Å². The van der Waals surface area contributed by atoms with E-state index in [4.69, 9.17) is 5.26 Å². The standard InChI is InChI=1S/C16H18FN3O/c1-3-16(2)10-19-5-4-14(20(19)15(16)21)12-6-11(9-18)7-13(17)8-12/h6-8,14H,3-5,10H2,1-2H3/t14-,16?/m1/s1. The van der Waals surface area contributed by atoms with Gasteiger partial charge in [-0.15, -0.1) is 0 Å². The van der Waals surface area contributed by atoms with E-state index in [1.165, 1.54) is 12.1 Å². The Balaban J connectivity index is 1.97. The first-order chi connectivity index (χ1) is 9.98. The number of fused-ring (bicyclic) bond motifs is 1. The van der Waals surface area contributed by atoms with Crippen LogP contribution < -0.4 is 0 Å². The average molecular weight is 287 g/mol. The molecule has 2 aliphatic rings. The van der Waals surface area contributed by atoms with Crippen molar-refractivity contribution in [1.29, 1.82) is 5.26 Å². The lowest BCUT2D eigenvalue weighted by atomic mass is 9.86. The summed E-state index contributed by atoms with van der Waals surface area (Å²) in [7, 11) is 0. The van der Waals surface area contributed by atoms with Crippen LogP contribution in [0.5, 0.6) is 0 Å². The van der Waals surface area contributed by atoms with Crippen LogP contribution in [0.15, 0.2) is 18.2 Å². The van der Waals surface area contributed by atoms with Gasteiger partial charge in [0, 0.05) is 13.1 Å². The van der Waals surface area contributed by atoms with Crippen molar-refractivity contribution < 1.29 is 9.18 Å². The first-order valence-electron chi connectivity index (χ1n) is 7.27. The normalized spacial score (nSPS) is 28.8. The molecule has 1 aromatic rings. The minimum atomic E-state index is -0.424. The zero-order chi connectivity index (χ0) is 15.2. The smallest absolute Gasteiger partial charge is 0.244 e. The number of hydrogen-bond acceptors (Lipinski definition) is 3. The maximum Gasteiger partial charge on any atom is 0.244 e. The van der Waals surface area contributed by atoms with Crippen molar-refractivity contribution in [3.05, 3.63) is 35.1 Å². The number of nitrogens with zero attached hydrogens (tertiary/aromatic N) is 3. The zero-order valence-corrected chi connectivity index (χ0v) is 12.3. The molecule has 2 aliphatic heterocycles. The van der Waals surface area contributed by atoms with E-state index in [9.17, 15) is 9.18 Å². The van der Waals surface area contributed by atoms with Gasteiger partial charge in [-0.2, -0.15) is 5.26 Å². The predicted octanol–water partition coefficient (Wildman–Crippen LogP) is 2.62. The highest BCUT2D eigenvalue weighted by atomic mass is 19.1. The van der Waals surface area contributed by atoms with Gasteiger partial charge in [0.15, 0.2) is 0 Å². The van der Waals surface area contributed by atoms with Gasteiger partial charge >= 0.3 is 0 Å². The fourth-order valence-electron chi connectivity index (χ4n) is 3.31. The minimum absolute atomic E-state index is 0.107. The first-order valence-corrected chi connectivity index (χ1v) is 7.27. The van der Waals surface area contributed by atoms with Crippen LogP contribution in [0.25, 0.3) is 0 Å². The van der Waals surface area contributed by atoms with Crippen LogP contribution in [0.3, 0.4) is 0 Å². The van der Waals surface area contributed by atoms with Crippen LogP contribution in [-0.2, 0) is 4.79 Å². The van der Waals surface area contributed by atoms with Crippen molar-refractivity contribution in [2.24, 2.45) is 5.41 Å². The topological polar surface area (TPSA) is 47.3 Å². The molecule has 5 heteroatoms. The fraction of sp³-hybridized carbons (Fsp3) is 0.500. The van der Waals surface area contributed by atoms with Crippen molar-refractivity contribution in [1.82, 2.24) is 10.0 Å². The molecule has 2 fully saturated rings. The summed E-state index contributed by atoms with van der Waals surface area (Å²) in [6, 6.07) is 6.16. The summed E-state index contributed by atoms with van der Waals surface area (Å²) in [6.07, 6.45) is 1.57. The lowest BCUT2D eigenvalue weighted by Gasteiger charge is -2.26. The Kier molecular flexibility index (Phi) is 3.22. The molecule has 1 amide bonds. The van der Waals surface area contributed by atoms with Crippen molar-refractivity contribution in [3.8, 4) is 6.07 Å². The molecule has 3 rings (SSSR count). The summed E-state index contributed by atoms with van der Waals surface area (Å²) in [5.41, 5.74) is 0.653. The summed E-state index contributed by atoms with van der Waals surface area (Å²) < 4.78 is 13.7. The number of benzene rings is 1. The number of hydrazine groups is 1. The van der Waals surface area contributed by atoms with Gasteiger partial charge in [0.25, 0.3) is 0 Å². The Hall–Kier alpha value is -1.93. The maximum atomic E-state index is 13.7. The van der Waals surface area contributed by atoms with Crippen LogP contribution in [0.1, 0.15) is 43.9 Å². The highest BCUT2D eigenvalue weighted by Gasteiger charge is 2.51. The summed E-state index contributed by atoms with van der Waals surface area (Å²) in [4.78, 5) is 12.7. The Morgan fingerprint density at radius 3 is 2.90 bits per heavy atom. The molecule has 0 spiro atoms. The van der Waals surface area contributed by atoms with E-state index in [1.54, 1.807) is 11.1 Å². The molecule has 21 heavy (non-hydrogen) atoms. The van der Waals surface area contributed by atoms with Gasteiger partial charge in [-0.1, -0.05) is 6.92 Å². The Labute approximate surface area is 123 Å². The molecule has 0 radical (unpaired) electrons. The third-order valence-electron chi connectivity index (χ3n) is 4.73. The van der Waals surface area contributed by atoms with Gasteiger partial charge in [-0.05, 0) is 43.5 Å². The fourth-order valence-corrected chi connectivity index (χ4v) is 3.31. The predicted molar refractivity (Wildman–Crippen MR) is 75.3 cm³/mol. The van der Waals surface area contributed by atoms with Crippen LogP contribution >= 0.6 is 0 Å². The van der Waals surface area contributed by atoms with Gasteiger partial charge in [-0.3, -0.25) is 9.80 Å². The molecule has 4 nitrogen and oxygen atoms in total. The monoisotopic (exact) mass is 287 g/mol. The molecule has 0 aliphatic carbocycles. The molecular formula is C16H18FN3O. The summed E-state index contributed by atoms with van der Waals surface area (Å²) in [5.74, 6) is -0.317. The van der Waals surface area contributed by atoms with E-state index in [0.717, 1.165) is 25.9 Å². The van der Waals surface area contributed by atoms with Gasteiger partial charge in [-0.25, -0.2) is 9.40 Å². The largest absolute Gasteiger partial charge is 0.273 e. The molecule has 0 N–H and O–H groups in total. The van der Waals surface area contributed by atoms with Crippen LogP contribution in [0.4, 0.5) is 4.39 Å². The Morgan fingerprint density at radius 1 is 1.48 bits per heavy atom. The number of hydrogen-bond donors (Lipinski definition) is 0. The molecule has 110 valence electrons. The zero-order valence-electron chi connectivity index (χ0n) is 12.3. The highest BCUT2D eigenvalue weighted by molar-refractivity contribution is 5.84. The summed E-state index contributed by atoms with van der Waals surface area (Å²) in [6.45, 7) is 5.52. The molecule has 2 atom stereocenters. The number of rotatable bonds is 2. The molecule has 1 aromatic carbocycles. The molecule has 1 unspecified atom stereocenters. The van der Waals surface area contributed by atoms with E-state index in [2.05, 4.69) is 5.01 Å². The van der Waals surface area contributed by atoms with E-state index in [0.29, 0.717) is 11.1 Å². The third-order valence-corrected chi connectivity index (χ3v) is 4.73. The molecule has 0 saturated carbocycles. The van der Waals surface area contributed by atoms with Crippen LogP contribution in [-0.4, -0.2) is 29.0 Å². The van der Waals surface area contributed by atoms with E-state index >= 15 is 0 Å². The SMILES string of the molecule is CCC1(C)CN2CC[C@H](c3cc(F)cc(C#N)c3)N2C1=O. The lowest BCUT2D eigenvalue weighted by molar-refractivity contribution is -0.142. The second kappa shape index (κ2) is 4.81. The van der Waals surface area contributed by atoms with Gasteiger partial charge in [0.2, 0.25) is 5.91 Å². The van der Waals surface area contributed by atoms with Gasteiger partial charge in [0.1, 0.15) is 5.82 Å².